The molecule has 1 aromatic rings. The standard InChI is InChI=1S/C16H26N2O2/c1-11-6-4-5-7-15(11)16(13(3)17)18-8-12(2)20-14(9-18)10-19/h4-7,12-14,16,19H,8-10,17H2,1-3H3. The van der Waals surface area contributed by atoms with E-state index in [9.17, 15) is 5.11 Å². The van der Waals surface area contributed by atoms with Crippen LogP contribution in [-0.4, -0.2) is 48.0 Å². The van der Waals surface area contributed by atoms with Crippen molar-refractivity contribution in [3.8, 4) is 0 Å². The molecule has 0 amide bonds. The maximum absolute atomic E-state index is 9.39. The van der Waals surface area contributed by atoms with Crippen LogP contribution in [0.15, 0.2) is 24.3 Å². The topological polar surface area (TPSA) is 58.7 Å². The molecule has 0 radical (unpaired) electrons. The van der Waals surface area contributed by atoms with Crippen LogP contribution >= 0.6 is 0 Å². The van der Waals surface area contributed by atoms with Gasteiger partial charge in [0, 0.05) is 19.1 Å². The first-order valence-electron chi connectivity index (χ1n) is 7.34. The third-order valence-electron chi connectivity index (χ3n) is 3.96. The summed E-state index contributed by atoms with van der Waals surface area (Å²) in [6.45, 7) is 7.84. The third kappa shape index (κ3) is 3.38. The van der Waals surface area contributed by atoms with Gasteiger partial charge < -0.3 is 15.6 Å². The average Bonchev–Trinajstić information content (AvgIpc) is 2.40. The number of morpholine rings is 1. The zero-order valence-electron chi connectivity index (χ0n) is 12.6. The van der Waals surface area contributed by atoms with E-state index in [2.05, 4.69) is 36.1 Å². The molecule has 112 valence electrons. The van der Waals surface area contributed by atoms with E-state index in [-0.39, 0.29) is 30.9 Å². The van der Waals surface area contributed by atoms with Gasteiger partial charge in [0.1, 0.15) is 0 Å². The zero-order chi connectivity index (χ0) is 14.7. The van der Waals surface area contributed by atoms with Gasteiger partial charge in [-0.15, -0.1) is 0 Å². The number of hydrogen-bond acceptors (Lipinski definition) is 4. The van der Waals surface area contributed by atoms with Crippen molar-refractivity contribution < 1.29 is 9.84 Å². The van der Waals surface area contributed by atoms with Crippen LogP contribution in [0.25, 0.3) is 0 Å². The number of aryl methyl sites for hydroxylation is 1. The summed E-state index contributed by atoms with van der Waals surface area (Å²) < 4.78 is 5.73. The van der Waals surface area contributed by atoms with Crippen molar-refractivity contribution in [3.05, 3.63) is 35.4 Å². The Morgan fingerprint density at radius 3 is 2.70 bits per heavy atom. The van der Waals surface area contributed by atoms with Crippen molar-refractivity contribution in [2.24, 2.45) is 5.73 Å². The van der Waals surface area contributed by atoms with Gasteiger partial charge in [0.05, 0.1) is 24.9 Å². The van der Waals surface area contributed by atoms with Crippen LogP contribution in [0.1, 0.15) is 31.0 Å². The average molecular weight is 278 g/mol. The van der Waals surface area contributed by atoms with E-state index in [1.54, 1.807) is 0 Å². The molecule has 2 rings (SSSR count). The highest BCUT2D eigenvalue weighted by Gasteiger charge is 2.32. The molecule has 1 heterocycles. The summed E-state index contributed by atoms with van der Waals surface area (Å²) in [5, 5.41) is 9.39. The lowest BCUT2D eigenvalue weighted by molar-refractivity contribution is -0.108. The second kappa shape index (κ2) is 6.68. The Morgan fingerprint density at radius 2 is 2.10 bits per heavy atom. The second-order valence-corrected chi connectivity index (χ2v) is 5.87. The largest absolute Gasteiger partial charge is 0.394 e. The van der Waals surface area contributed by atoms with Crippen molar-refractivity contribution in [3.63, 3.8) is 0 Å². The number of rotatable bonds is 4. The molecule has 1 saturated heterocycles. The maximum atomic E-state index is 9.39. The van der Waals surface area contributed by atoms with Gasteiger partial charge in [0.25, 0.3) is 0 Å². The third-order valence-corrected chi connectivity index (χ3v) is 3.96. The highest BCUT2D eigenvalue weighted by atomic mass is 16.5. The highest BCUT2D eigenvalue weighted by Crippen LogP contribution is 2.29. The van der Waals surface area contributed by atoms with Gasteiger partial charge in [-0.3, -0.25) is 4.90 Å². The Labute approximate surface area is 121 Å². The molecule has 4 unspecified atom stereocenters. The van der Waals surface area contributed by atoms with E-state index < -0.39 is 0 Å². The molecule has 20 heavy (non-hydrogen) atoms. The number of benzene rings is 1. The zero-order valence-corrected chi connectivity index (χ0v) is 12.6. The monoisotopic (exact) mass is 278 g/mol. The van der Waals surface area contributed by atoms with Crippen LogP contribution in [0.2, 0.25) is 0 Å². The molecular weight excluding hydrogens is 252 g/mol. The Kier molecular flexibility index (Phi) is 5.16. The molecule has 0 spiro atoms. The normalized spacial score (nSPS) is 27.2. The van der Waals surface area contributed by atoms with E-state index in [1.807, 2.05) is 13.8 Å². The summed E-state index contributed by atoms with van der Waals surface area (Å²) in [6, 6.07) is 8.58. The summed E-state index contributed by atoms with van der Waals surface area (Å²) in [4.78, 5) is 2.35. The summed E-state index contributed by atoms with van der Waals surface area (Å²) >= 11 is 0. The van der Waals surface area contributed by atoms with Gasteiger partial charge in [-0.05, 0) is 31.9 Å². The Morgan fingerprint density at radius 1 is 1.40 bits per heavy atom. The lowest BCUT2D eigenvalue weighted by Crippen LogP contribution is -2.52. The summed E-state index contributed by atoms with van der Waals surface area (Å²) in [5.41, 5.74) is 8.79. The molecule has 1 aliphatic rings. The van der Waals surface area contributed by atoms with Gasteiger partial charge in [-0.2, -0.15) is 0 Å². The van der Waals surface area contributed by atoms with Crippen molar-refractivity contribution >= 4 is 0 Å². The van der Waals surface area contributed by atoms with Gasteiger partial charge in [-0.1, -0.05) is 24.3 Å². The maximum Gasteiger partial charge on any atom is 0.0936 e. The number of ether oxygens (including phenoxy) is 1. The Bertz CT molecular complexity index is 436. The number of nitrogens with two attached hydrogens (primary N) is 1. The minimum Gasteiger partial charge on any atom is -0.394 e. The number of nitrogens with zero attached hydrogens (tertiary/aromatic N) is 1. The van der Waals surface area contributed by atoms with E-state index in [1.165, 1.54) is 11.1 Å². The van der Waals surface area contributed by atoms with Crippen molar-refractivity contribution in [1.29, 1.82) is 0 Å². The number of hydrogen-bond donors (Lipinski definition) is 2. The quantitative estimate of drug-likeness (QED) is 0.875. The Balaban J connectivity index is 2.27. The van der Waals surface area contributed by atoms with Crippen LogP contribution in [0.4, 0.5) is 0 Å². The summed E-state index contributed by atoms with van der Waals surface area (Å²) in [7, 11) is 0. The molecule has 4 nitrogen and oxygen atoms in total. The van der Waals surface area contributed by atoms with Crippen LogP contribution in [0.3, 0.4) is 0 Å². The van der Waals surface area contributed by atoms with E-state index in [0.717, 1.165) is 13.1 Å². The fourth-order valence-corrected chi connectivity index (χ4v) is 3.14. The van der Waals surface area contributed by atoms with Crippen LogP contribution in [0.5, 0.6) is 0 Å². The molecule has 4 atom stereocenters. The molecule has 0 bridgehead atoms. The molecule has 1 fully saturated rings. The lowest BCUT2D eigenvalue weighted by Gasteiger charge is -2.42. The minimum atomic E-state index is -0.121. The van der Waals surface area contributed by atoms with Crippen LogP contribution < -0.4 is 5.73 Å². The fourth-order valence-electron chi connectivity index (χ4n) is 3.14. The van der Waals surface area contributed by atoms with E-state index >= 15 is 0 Å². The summed E-state index contributed by atoms with van der Waals surface area (Å²) in [5.74, 6) is 0. The minimum absolute atomic E-state index is 0.0285. The highest BCUT2D eigenvalue weighted by molar-refractivity contribution is 5.30. The van der Waals surface area contributed by atoms with E-state index in [4.69, 9.17) is 10.5 Å². The van der Waals surface area contributed by atoms with Crippen molar-refractivity contribution in [1.82, 2.24) is 4.90 Å². The molecule has 3 N–H and O–H groups in total. The molecule has 1 aromatic carbocycles. The summed E-state index contributed by atoms with van der Waals surface area (Å²) in [6.07, 6.45) is -0.00446. The SMILES string of the molecule is Cc1ccccc1C(C(C)N)N1CC(C)OC(CO)C1. The Hall–Kier alpha value is -0.940. The molecule has 0 aliphatic carbocycles. The van der Waals surface area contributed by atoms with Crippen molar-refractivity contribution in [2.45, 2.75) is 45.1 Å². The van der Waals surface area contributed by atoms with Gasteiger partial charge in [0.2, 0.25) is 0 Å². The fraction of sp³-hybridized carbons (Fsp3) is 0.625. The van der Waals surface area contributed by atoms with Crippen molar-refractivity contribution in [2.75, 3.05) is 19.7 Å². The smallest absolute Gasteiger partial charge is 0.0936 e. The predicted octanol–water partition coefficient (Wildman–Crippen LogP) is 1.46. The molecule has 1 aliphatic heterocycles. The number of aliphatic hydroxyl groups is 1. The van der Waals surface area contributed by atoms with Gasteiger partial charge in [0.15, 0.2) is 0 Å². The molecule has 4 heteroatoms. The van der Waals surface area contributed by atoms with Gasteiger partial charge >= 0.3 is 0 Å². The molecule has 0 saturated carbocycles. The molecule has 0 aromatic heterocycles. The van der Waals surface area contributed by atoms with Gasteiger partial charge in [-0.25, -0.2) is 0 Å². The predicted molar refractivity (Wildman–Crippen MR) is 80.6 cm³/mol. The first-order chi connectivity index (χ1) is 9.52. The number of aliphatic hydroxyl groups excluding tert-OH is 1. The first-order valence-corrected chi connectivity index (χ1v) is 7.34. The second-order valence-electron chi connectivity index (χ2n) is 5.87. The first kappa shape index (κ1) is 15.4. The van der Waals surface area contributed by atoms with E-state index in [0.29, 0.717) is 0 Å². The van der Waals surface area contributed by atoms with Crippen LogP contribution in [-0.2, 0) is 4.74 Å². The van der Waals surface area contributed by atoms with Crippen LogP contribution in [0, 0.1) is 6.92 Å². The molecular formula is C16H26N2O2. The lowest BCUT2D eigenvalue weighted by atomic mass is 9.94.